The van der Waals surface area contributed by atoms with Crippen molar-refractivity contribution in [2.75, 3.05) is 50.1 Å². The summed E-state index contributed by atoms with van der Waals surface area (Å²) >= 11 is 0. The van der Waals surface area contributed by atoms with Crippen LogP contribution in [0.25, 0.3) is 0 Å². The minimum Gasteiger partial charge on any atom is -0.495 e. The van der Waals surface area contributed by atoms with E-state index in [0.29, 0.717) is 23.8 Å². The molecule has 2 aliphatic rings. The van der Waals surface area contributed by atoms with Gasteiger partial charge in [0.2, 0.25) is 5.91 Å². The number of nitrogens with zero attached hydrogens (tertiary/aromatic N) is 2. The summed E-state index contributed by atoms with van der Waals surface area (Å²) in [7, 11) is 1.68. The Morgan fingerprint density at radius 3 is 2.53 bits per heavy atom. The van der Waals surface area contributed by atoms with Crippen molar-refractivity contribution >= 4 is 23.2 Å². The fourth-order valence-electron chi connectivity index (χ4n) is 3.68. The van der Waals surface area contributed by atoms with Crippen LogP contribution in [0.3, 0.4) is 0 Å². The molecule has 7 nitrogen and oxygen atoms in total. The third-order valence-corrected chi connectivity index (χ3v) is 5.49. The molecule has 1 saturated carbocycles. The summed E-state index contributed by atoms with van der Waals surface area (Å²) in [6, 6.07) is 15.4. The number of carbonyl (C=O) groups excluding carboxylic acids is 2. The van der Waals surface area contributed by atoms with Gasteiger partial charge >= 0.3 is 0 Å². The highest BCUT2D eigenvalue weighted by Gasteiger charge is 2.24. The lowest BCUT2D eigenvalue weighted by molar-refractivity contribution is -0.117. The molecule has 0 spiro atoms. The van der Waals surface area contributed by atoms with E-state index in [4.69, 9.17) is 4.74 Å². The van der Waals surface area contributed by atoms with E-state index < -0.39 is 0 Å². The van der Waals surface area contributed by atoms with E-state index in [2.05, 4.69) is 26.5 Å². The molecule has 1 aliphatic heterocycles. The highest BCUT2D eigenvalue weighted by atomic mass is 16.5. The molecular formula is C23H28N4O3. The number of benzene rings is 2. The number of methoxy groups -OCH3 is 1. The van der Waals surface area contributed by atoms with Gasteiger partial charge in [0.25, 0.3) is 5.91 Å². The van der Waals surface area contributed by atoms with Gasteiger partial charge in [0, 0.05) is 43.5 Å². The number of amides is 2. The molecule has 4 rings (SSSR count). The van der Waals surface area contributed by atoms with E-state index in [9.17, 15) is 9.59 Å². The fraction of sp³-hybridized carbons (Fsp3) is 0.391. The molecule has 0 atom stereocenters. The zero-order chi connectivity index (χ0) is 20.9. The van der Waals surface area contributed by atoms with E-state index in [1.165, 1.54) is 0 Å². The maximum atomic E-state index is 12.5. The van der Waals surface area contributed by atoms with Gasteiger partial charge in [-0.05, 0) is 43.2 Å². The number of ether oxygens (including phenoxy) is 1. The van der Waals surface area contributed by atoms with Crippen molar-refractivity contribution in [2.45, 2.75) is 18.9 Å². The van der Waals surface area contributed by atoms with Gasteiger partial charge in [-0.2, -0.15) is 0 Å². The van der Waals surface area contributed by atoms with Gasteiger partial charge in [0.05, 0.1) is 19.3 Å². The van der Waals surface area contributed by atoms with Crippen molar-refractivity contribution in [1.82, 2.24) is 10.2 Å². The normalized spacial score (nSPS) is 16.8. The molecule has 0 aromatic heterocycles. The summed E-state index contributed by atoms with van der Waals surface area (Å²) in [5, 5.41) is 5.89. The molecule has 0 unspecified atom stereocenters. The van der Waals surface area contributed by atoms with Crippen molar-refractivity contribution in [3.63, 3.8) is 0 Å². The minimum absolute atomic E-state index is 0.0690. The van der Waals surface area contributed by atoms with Gasteiger partial charge in [0.1, 0.15) is 5.75 Å². The summed E-state index contributed by atoms with van der Waals surface area (Å²) in [6.45, 7) is 3.61. The predicted molar refractivity (Wildman–Crippen MR) is 117 cm³/mol. The maximum absolute atomic E-state index is 12.5. The van der Waals surface area contributed by atoms with Crippen molar-refractivity contribution in [1.29, 1.82) is 0 Å². The molecule has 158 valence electrons. The summed E-state index contributed by atoms with van der Waals surface area (Å²) in [5.74, 6) is 0.718. The van der Waals surface area contributed by atoms with Crippen LogP contribution in [0.4, 0.5) is 11.4 Å². The topological polar surface area (TPSA) is 73.9 Å². The third-order valence-electron chi connectivity index (χ3n) is 5.49. The Morgan fingerprint density at radius 1 is 1.03 bits per heavy atom. The number of nitrogens with one attached hydrogen (secondary N) is 2. The first kappa shape index (κ1) is 20.2. The average Bonchev–Trinajstić information content (AvgIpc) is 3.58. The zero-order valence-corrected chi connectivity index (χ0v) is 17.3. The molecule has 7 heteroatoms. The highest BCUT2D eigenvalue weighted by Crippen LogP contribution is 2.28. The Kier molecular flexibility index (Phi) is 6.18. The number of piperazine rings is 1. The Labute approximate surface area is 177 Å². The van der Waals surface area contributed by atoms with Crippen LogP contribution in [0, 0.1) is 0 Å². The SMILES string of the molecule is COc1ccccc1N1CCN(CC(=O)Nc2cccc(C(=O)NC3CC3)c2)CC1. The van der Waals surface area contributed by atoms with Crippen LogP contribution >= 0.6 is 0 Å². The molecule has 2 fully saturated rings. The van der Waals surface area contributed by atoms with Crippen LogP contribution in [0.15, 0.2) is 48.5 Å². The summed E-state index contributed by atoms with van der Waals surface area (Å²) in [5.41, 5.74) is 2.31. The Hall–Kier alpha value is -3.06. The monoisotopic (exact) mass is 408 g/mol. The Morgan fingerprint density at radius 2 is 1.80 bits per heavy atom. The van der Waals surface area contributed by atoms with Crippen molar-refractivity contribution in [3.05, 3.63) is 54.1 Å². The number of para-hydroxylation sites is 2. The number of hydrogen-bond acceptors (Lipinski definition) is 5. The van der Waals surface area contributed by atoms with E-state index in [-0.39, 0.29) is 11.8 Å². The Balaban J connectivity index is 1.27. The van der Waals surface area contributed by atoms with E-state index in [1.807, 2.05) is 24.3 Å². The maximum Gasteiger partial charge on any atom is 0.251 e. The zero-order valence-electron chi connectivity index (χ0n) is 17.3. The molecule has 2 aromatic carbocycles. The number of anilines is 2. The van der Waals surface area contributed by atoms with Gasteiger partial charge in [0.15, 0.2) is 0 Å². The van der Waals surface area contributed by atoms with Crippen LogP contribution in [0.2, 0.25) is 0 Å². The van der Waals surface area contributed by atoms with Gasteiger partial charge < -0.3 is 20.3 Å². The number of carbonyl (C=O) groups is 2. The van der Waals surface area contributed by atoms with Crippen molar-refractivity contribution in [3.8, 4) is 5.75 Å². The first-order valence-electron chi connectivity index (χ1n) is 10.4. The molecule has 2 N–H and O–H groups in total. The minimum atomic E-state index is -0.0824. The van der Waals surface area contributed by atoms with E-state index >= 15 is 0 Å². The molecule has 1 saturated heterocycles. The average molecular weight is 409 g/mol. The van der Waals surface area contributed by atoms with E-state index in [0.717, 1.165) is 50.5 Å². The molecule has 30 heavy (non-hydrogen) atoms. The van der Waals surface area contributed by atoms with Crippen LogP contribution in [-0.2, 0) is 4.79 Å². The van der Waals surface area contributed by atoms with Crippen LogP contribution < -0.4 is 20.3 Å². The predicted octanol–water partition coefficient (Wildman–Crippen LogP) is 2.35. The molecule has 0 bridgehead atoms. The van der Waals surface area contributed by atoms with Crippen LogP contribution in [-0.4, -0.2) is 62.6 Å². The fourth-order valence-corrected chi connectivity index (χ4v) is 3.68. The largest absolute Gasteiger partial charge is 0.495 e. The quantitative estimate of drug-likeness (QED) is 0.736. The van der Waals surface area contributed by atoms with Gasteiger partial charge in [-0.3, -0.25) is 14.5 Å². The molecule has 2 amide bonds. The second-order valence-electron chi connectivity index (χ2n) is 7.81. The summed E-state index contributed by atoms with van der Waals surface area (Å²) in [6.07, 6.45) is 2.10. The lowest BCUT2D eigenvalue weighted by Gasteiger charge is -2.36. The van der Waals surface area contributed by atoms with Crippen molar-refractivity contribution < 1.29 is 14.3 Å². The second-order valence-corrected chi connectivity index (χ2v) is 7.81. The second kappa shape index (κ2) is 9.17. The summed E-state index contributed by atoms with van der Waals surface area (Å²) in [4.78, 5) is 29.1. The number of rotatable bonds is 7. The highest BCUT2D eigenvalue weighted by molar-refractivity contribution is 5.97. The van der Waals surface area contributed by atoms with E-state index in [1.54, 1.807) is 25.3 Å². The Bertz CT molecular complexity index is 905. The molecule has 1 aliphatic carbocycles. The first-order chi connectivity index (χ1) is 14.6. The third kappa shape index (κ3) is 5.10. The molecule has 1 heterocycles. The van der Waals surface area contributed by atoms with Crippen molar-refractivity contribution in [2.24, 2.45) is 0 Å². The van der Waals surface area contributed by atoms with Gasteiger partial charge in [-0.25, -0.2) is 0 Å². The number of hydrogen-bond donors (Lipinski definition) is 2. The molecular weight excluding hydrogens is 380 g/mol. The standard InChI is InChI=1S/C23H28N4O3/c1-30-21-8-3-2-7-20(21)27-13-11-26(12-14-27)16-22(28)24-19-6-4-5-17(15-19)23(29)25-18-9-10-18/h2-8,15,18H,9-14,16H2,1H3,(H,24,28)(H,25,29). The van der Waals surface area contributed by atoms with Gasteiger partial charge in [-0.1, -0.05) is 18.2 Å². The lowest BCUT2D eigenvalue weighted by atomic mass is 10.2. The summed E-state index contributed by atoms with van der Waals surface area (Å²) < 4.78 is 5.46. The van der Waals surface area contributed by atoms with Crippen LogP contribution in [0.5, 0.6) is 5.75 Å². The lowest BCUT2D eigenvalue weighted by Crippen LogP contribution is -2.48. The first-order valence-corrected chi connectivity index (χ1v) is 10.4. The smallest absolute Gasteiger partial charge is 0.251 e. The molecule has 2 aromatic rings. The molecule has 0 radical (unpaired) electrons. The van der Waals surface area contributed by atoms with Gasteiger partial charge in [-0.15, -0.1) is 0 Å². The van der Waals surface area contributed by atoms with Crippen LogP contribution in [0.1, 0.15) is 23.2 Å².